The summed E-state index contributed by atoms with van der Waals surface area (Å²) in [6.45, 7) is 11.2. The van der Waals surface area contributed by atoms with Gasteiger partial charge in [0.05, 0.1) is 12.4 Å². The highest BCUT2D eigenvalue weighted by molar-refractivity contribution is 6.00. The lowest BCUT2D eigenvalue weighted by molar-refractivity contribution is -0.138. The van der Waals surface area contributed by atoms with Gasteiger partial charge in [0.2, 0.25) is 65.0 Å². The van der Waals surface area contributed by atoms with Crippen LogP contribution < -0.4 is 70.4 Å². The minimum absolute atomic E-state index is 0.0204. The van der Waals surface area contributed by atoms with Crippen molar-refractivity contribution in [1.29, 1.82) is 0 Å². The SMILES string of the molecule is CC(C)C[C@@H]1NC(=O)[C@H](Cc2cnc[nH]2)NC(=O)[C@H](C(C)C)NC(=O)[C@H](CCCN=C(N)N)NC(=O)[C@@H](CCC(N)=O)NC(=O)[C@H]([C@@H](C)O)NC(=O)[C@@H](Cc2ccccc2)NC(=O)[C@H](Cc2ccc(O)cc2)NC(=O)[C@H](C(C)C)NC(=O)[C@@H](Cc2ccccc2)NC1=O. The van der Waals surface area contributed by atoms with E-state index in [1.165, 1.54) is 43.7 Å². The van der Waals surface area contributed by atoms with Gasteiger partial charge in [0, 0.05) is 50.5 Å². The monoisotopic (exact) mass is 1290 g/mol. The number of aliphatic hydroxyl groups is 1. The van der Waals surface area contributed by atoms with Crippen molar-refractivity contribution in [3.05, 3.63) is 120 Å². The Morgan fingerprint density at radius 2 is 0.849 bits per heavy atom. The van der Waals surface area contributed by atoms with Crippen LogP contribution in [0.5, 0.6) is 5.75 Å². The molecule has 5 rings (SSSR count). The van der Waals surface area contributed by atoms with Gasteiger partial charge in [-0.05, 0) is 79.2 Å². The number of benzene rings is 3. The second kappa shape index (κ2) is 36.2. The van der Waals surface area contributed by atoms with Crippen LogP contribution in [-0.2, 0) is 78.4 Å². The van der Waals surface area contributed by atoms with Crippen LogP contribution in [0, 0.1) is 17.8 Å². The molecule has 29 nitrogen and oxygen atoms in total. The Hall–Kier alpha value is -9.93. The maximum Gasteiger partial charge on any atom is 0.245 e. The summed E-state index contributed by atoms with van der Waals surface area (Å²) < 4.78 is 0. The highest BCUT2D eigenvalue weighted by Crippen LogP contribution is 2.17. The topological polar surface area (TPSA) is 468 Å². The molecule has 1 saturated heterocycles. The Bertz CT molecular complexity index is 3200. The summed E-state index contributed by atoms with van der Waals surface area (Å²) in [6, 6.07) is 7.58. The summed E-state index contributed by atoms with van der Waals surface area (Å²) in [7, 11) is 0. The van der Waals surface area contributed by atoms with Gasteiger partial charge in [0.15, 0.2) is 5.96 Å². The van der Waals surface area contributed by atoms with Gasteiger partial charge in [0.1, 0.15) is 66.2 Å². The van der Waals surface area contributed by atoms with Crippen molar-refractivity contribution in [2.75, 3.05) is 6.54 Å². The fourth-order valence-electron chi connectivity index (χ4n) is 10.2. The van der Waals surface area contributed by atoms with E-state index < -0.39 is 156 Å². The number of hydrogen-bond donors (Lipinski definition) is 16. The van der Waals surface area contributed by atoms with Crippen molar-refractivity contribution in [3.63, 3.8) is 0 Å². The van der Waals surface area contributed by atoms with Crippen molar-refractivity contribution >= 4 is 70.9 Å². The fourth-order valence-corrected chi connectivity index (χ4v) is 10.2. The zero-order chi connectivity index (χ0) is 68.5. The number of aliphatic hydroxyl groups excluding tert-OH is 1. The first-order valence-electron chi connectivity index (χ1n) is 31.0. The summed E-state index contributed by atoms with van der Waals surface area (Å²) in [4.78, 5) is 170. The predicted molar refractivity (Wildman–Crippen MR) is 343 cm³/mol. The van der Waals surface area contributed by atoms with Gasteiger partial charge < -0.3 is 85.6 Å². The lowest BCUT2D eigenvalue weighted by Crippen LogP contribution is -2.63. The number of primary amides is 1. The van der Waals surface area contributed by atoms with Crippen LogP contribution in [0.4, 0.5) is 0 Å². The van der Waals surface area contributed by atoms with Gasteiger partial charge in [-0.25, -0.2) is 4.98 Å². The summed E-state index contributed by atoms with van der Waals surface area (Å²) in [5, 5.41) is 48.1. The van der Waals surface area contributed by atoms with Gasteiger partial charge >= 0.3 is 0 Å². The third kappa shape index (κ3) is 24.3. The van der Waals surface area contributed by atoms with Gasteiger partial charge in [0.25, 0.3) is 0 Å². The Morgan fingerprint density at radius 3 is 1.29 bits per heavy atom. The number of nitrogens with zero attached hydrogens (tertiary/aromatic N) is 2. The zero-order valence-corrected chi connectivity index (χ0v) is 53.4. The van der Waals surface area contributed by atoms with Crippen LogP contribution in [0.15, 0.2) is 102 Å². The number of carbonyl (C=O) groups is 11. The molecule has 1 aromatic heterocycles. The molecule has 1 fully saturated rings. The van der Waals surface area contributed by atoms with Crippen LogP contribution in [-0.4, -0.2) is 164 Å². The maximum atomic E-state index is 14.9. The second-order valence-corrected chi connectivity index (χ2v) is 24.2. The minimum atomic E-state index is -1.88. The van der Waals surface area contributed by atoms with Crippen LogP contribution in [0.3, 0.4) is 0 Å². The smallest absolute Gasteiger partial charge is 0.245 e. The third-order valence-corrected chi connectivity index (χ3v) is 15.2. The van der Waals surface area contributed by atoms with Crippen molar-refractivity contribution in [2.45, 2.75) is 173 Å². The van der Waals surface area contributed by atoms with Gasteiger partial charge in [-0.15, -0.1) is 0 Å². The molecule has 0 radical (unpaired) electrons. The molecule has 0 unspecified atom stereocenters. The third-order valence-electron chi connectivity index (χ3n) is 15.2. The van der Waals surface area contributed by atoms with Gasteiger partial charge in [-0.2, -0.15) is 0 Å². The first-order chi connectivity index (χ1) is 44.1. The van der Waals surface area contributed by atoms with E-state index in [1.807, 2.05) is 0 Å². The molecule has 19 N–H and O–H groups in total. The molecule has 0 bridgehead atoms. The molecule has 0 saturated carbocycles. The first-order valence-corrected chi connectivity index (χ1v) is 31.0. The molecule has 0 aliphatic carbocycles. The van der Waals surface area contributed by atoms with E-state index in [2.05, 4.69) is 68.1 Å². The molecular weight excluding hydrogens is 1200 g/mol. The summed E-state index contributed by atoms with van der Waals surface area (Å²) in [5.41, 5.74) is 18.6. The van der Waals surface area contributed by atoms with Crippen LogP contribution in [0.2, 0.25) is 0 Å². The fraction of sp³-hybridized carbons (Fsp3) is 0.484. The normalized spacial score (nSPS) is 23.5. The van der Waals surface area contributed by atoms with Crippen molar-refractivity contribution in [2.24, 2.45) is 39.9 Å². The van der Waals surface area contributed by atoms with E-state index in [0.29, 0.717) is 22.4 Å². The molecule has 0 spiro atoms. The molecule has 1 aliphatic rings. The predicted octanol–water partition coefficient (Wildman–Crippen LogP) is -1.69. The van der Waals surface area contributed by atoms with Crippen LogP contribution in [0.1, 0.15) is 103 Å². The highest BCUT2D eigenvalue weighted by atomic mass is 16.3. The molecule has 3 aromatic carbocycles. The standard InChI is InChI=1S/C64H90N16O13/c1-34(2)27-45-56(86)74-47(28-38-15-10-8-11-16-38)59(89)79-52(36(5)6)61(91)76-46(30-40-20-22-42(82)23-21-40)57(87)75-48(29-39-17-12-9-13-18-39)60(90)80-53(37(7)81)63(93)72-44(24-25-50(65)83)54(84)71-43(19-14-26-69-64(66)67)55(85)78-51(35(3)4)62(92)77-49(58(88)73-45)31-41-32-68-33-70-41/h8-13,15-18,20-23,32-37,43-49,51-53,81-82H,14,19,24-31H2,1-7H3,(H2,65,83)(H,68,70)(H,71,84)(H,72,93)(H,73,88)(H,74,86)(H,75,87)(H,76,91)(H,77,92)(H,78,85)(H,79,89)(H,80,90)(H4,66,67,69)/t37-,43+,44-,45+,46+,47-,48-,49+,51+,52+,53+/m1/s1. The van der Waals surface area contributed by atoms with E-state index in [1.54, 1.807) is 102 Å². The number of nitrogens with two attached hydrogens (primary N) is 3. The molecule has 29 heteroatoms. The zero-order valence-electron chi connectivity index (χ0n) is 53.4. The van der Waals surface area contributed by atoms with Crippen molar-refractivity contribution in [1.82, 2.24) is 63.1 Å². The highest BCUT2D eigenvalue weighted by Gasteiger charge is 2.39. The summed E-state index contributed by atoms with van der Waals surface area (Å²) >= 11 is 0. The van der Waals surface area contributed by atoms with Crippen molar-refractivity contribution in [3.8, 4) is 5.75 Å². The number of nitrogens with one attached hydrogen (secondary N) is 11. The Kier molecular flexibility index (Phi) is 28.7. The largest absolute Gasteiger partial charge is 0.508 e. The van der Waals surface area contributed by atoms with E-state index in [-0.39, 0.29) is 69.1 Å². The molecule has 11 atom stereocenters. The molecular formula is C64H90N16O13. The van der Waals surface area contributed by atoms with Crippen LogP contribution >= 0.6 is 0 Å². The number of amides is 11. The minimum Gasteiger partial charge on any atom is -0.508 e. The number of guanidine groups is 1. The van der Waals surface area contributed by atoms with Gasteiger partial charge in [-0.3, -0.25) is 57.7 Å². The number of H-pyrrole nitrogens is 1. The maximum absolute atomic E-state index is 14.9. The quantitative estimate of drug-likeness (QED) is 0.0267. The molecule has 93 heavy (non-hydrogen) atoms. The number of rotatable bonds is 20. The number of hydrogen-bond acceptors (Lipinski definition) is 15. The molecule has 1 aliphatic heterocycles. The number of carbonyl (C=O) groups excluding carboxylic acids is 11. The molecule has 504 valence electrons. The Morgan fingerprint density at radius 1 is 0.473 bits per heavy atom. The van der Waals surface area contributed by atoms with E-state index in [4.69, 9.17) is 17.2 Å². The average Bonchev–Trinajstić information content (AvgIpc) is 1.25. The summed E-state index contributed by atoms with van der Waals surface area (Å²) in [6.07, 6.45) is -0.810. The Balaban J connectivity index is 1.67. The average molecular weight is 1290 g/mol. The lowest BCUT2D eigenvalue weighted by Gasteiger charge is -2.30. The second-order valence-electron chi connectivity index (χ2n) is 24.2. The van der Waals surface area contributed by atoms with E-state index >= 15 is 0 Å². The Labute approximate surface area is 539 Å². The summed E-state index contributed by atoms with van der Waals surface area (Å²) in [5.74, 6) is -12.2. The molecule has 2 heterocycles. The molecule has 4 aromatic rings. The number of aromatic nitrogens is 2. The number of aliphatic imine (C=N–C) groups is 1. The number of phenolic OH excluding ortho intramolecular Hbond substituents is 1. The van der Waals surface area contributed by atoms with E-state index in [0.717, 1.165) is 0 Å². The van der Waals surface area contributed by atoms with Crippen LogP contribution in [0.25, 0.3) is 0 Å². The number of aromatic amines is 1. The molecule has 11 amide bonds. The first kappa shape index (κ1) is 73.8. The van der Waals surface area contributed by atoms with Crippen molar-refractivity contribution < 1.29 is 63.0 Å². The number of aromatic hydroxyl groups is 1. The van der Waals surface area contributed by atoms with Gasteiger partial charge in [-0.1, -0.05) is 114 Å². The number of phenols is 1. The van der Waals surface area contributed by atoms with E-state index in [9.17, 15) is 63.0 Å². The number of imidazole rings is 1. The lowest BCUT2D eigenvalue weighted by atomic mass is 9.98.